The van der Waals surface area contributed by atoms with Crippen LogP contribution in [0, 0.1) is 0 Å². The van der Waals surface area contributed by atoms with Crippen molar-refractivity contribution in [2.45, 2.75) is 6.54 Å². The normalized spacial score (nSPS) is 10.6. The van der Waals surface area contributed by atoms with Crippen LogP contribution >= 0.6 is 11.6 Å². The van der Waals surface area contributed by atoms with E-state index in [2.05, 4.69) is 10.3 Å². The van der Waals surface area contributed by atoms with Gasteiger partial charge in [0, 0.05) is 29.4 Å². The van der Waals surface area contributed by atoms with E-state index in [4.69, 9.17) is 16.3 Å². The second-order valence-corrected chi connectivity index (χ2v) is 4.65. The van der Waals surface area contributed by atoms with Crippen LogP contribution in [-0.4, -0.2) is 18.0 Å². The van der Waals surface area contributed by atoms with Crippen LogP contribution in [0.15, 0.2) is 48.7 Å². The number of ether oxygens (including phenoxy) is 1. The predicted molar refractivity (Wildman–Crippen MR) is 83.1 cm³/mol. The maximum Gasteiger partial charge on any atom is 0.244 e. The van der Waals surface area contributed by atoms with E-state index in [-0.39, 0.29) is 5.91 Å². The first-order valence-corrected chi connectivity index (χ1v) is 6.77. The number of nitrogens with zero attached hydrogens (tertiary/aromatic N) is 1. The molecule has 21 heavy (non-hydrogen) atoms. The summed E-state index contributed by atoms with van der Waals surface area (Å²) in [5.74, 6) is 0.300. The number of aromatic nitrogens is 1. The minimum absolute atomic E-state index is 0.208. The first-order valence-electron chi connectivity index (χ1n) is 6.39. The molecule has 0 atom stereocenters. The number of hydrogen-bond acceptors (Lipinski definition) is 3. The SMILES string of the molecule is COc1ncccc1CNC(=O)/C=C\c1ccccc1Cl. The average molecular weight is 303 g/mol. The van der Waals surface area contributed by atoms with Gasteiger partial charge in [-0.25, -0.2) is 4.98 Å². The number of methoxy groups -OCH3 is 1. The topological polar surface area (TPSA) is 51.2 Å². The summed E-state index contributed by atoms with van der Waals surface area (Å²) in [4.78, 5) is 15.9. The highest BCUT2D eigenvalue weighted by molar-refractivity contribution is 6.32. The van der Waals surface area contributed by atoms with E-state index in [1.54, 1.807) is 31.5 Å². The molecule has 0 aliphatic carbocycles. The van der Waals surface area contributed by atoms with E-state index in [0.717, 1.165) is 11.1 Å². The summed E-state index contributed by atoms with van der Waals surface area (Å²) in [7, 11) is 1.55. The van der Waals surface area contributed by atoms with Gasteiger partial charge in [-0.1, -0.05) is 35.9 Å². The maximum absolute atomic E-state index is 11.8. The fourth-order valence-corrected chi connectivity index (χ4v) is 1.96. The summed E-state index contributed by atoms with van der Waals surface area (Å²) in [5, 5.41) is 3.38. The third kappa shape index (κ3) is 4.33. The maximum atomic E-state index is 11.8. The highest BCUT2D eigenvalue weighted by atomic mass is 35.5. The van der Waals surface area contributed by atoms with Crippen LogP contribution in [0.2, 0.25) is 5.02 Å². The van der Waals surface area contributed by atoms with Gasteiger partial charge in [-0.2, -0.15) is 0 Å². The van der Waals surface area contributed by atoms with Crippen LogP contribution in [-0.2, 0) is 11.3 Å². The van der Waals surface area contributed by atoms with Gasteiger partial charge in [0.1, 0.15) is 0 Å². The van der Waals surface area contributed by atoms with Crippen LogP contribution in [0.25, 0.3) is 6.08 Å². The van der Waals surface area contributed by atoms with E-state index in [1.165, 1.54) is 6.08 Å². The molecule has 0 saturated carbocycles. The van der Waals surface area contributed by atoms with Gasteiger partial charge in [-0.15, -0.1) is 0 Å². The molecular formula is C16H15ClN2O2. The lowest BCUT2D eigenvalue weighted by Gasteiger charge is -2.07. The highest BCUT2D eigenvalue weighted by Crippen LogP contribution is 2.16. The molecule has 4 nitrogen and oxygen atoms in total. The largest absolute Gasteiger partial charge is 0.481 e. The van der Waals surface area contributed by atoms with Crippen molar-refractivity contribution in [3.8, 4) is 5.88 Å². The van der Waals surface area contributed by atoms with Gasteiger partial charge in [0.05, 0.1) is 7.11 Å². The molecule has 0 unspecified atom stereocenters. The highest BCUT2D eigenvalue weighted by Gasteiger charge is 2.04. The number of rotatable bonds is 5. The second-order valence-electron chi connectivity index (χ2n) is 4.24. The van der Waals surface area contributed by atoms with Crippen LogP contribution < -0.4 is 10.1 Å². The number of pyridine rings is 1. The average Bonchev–Trinajstić information content (AvgIpc) is 2.52. The smallest absolute Gasteiger partial charge is 0.244 e. The molecule has 2 aromatic rings. The van der Waals surface area contributed by atoms with Crippen molar-refractivity contribution in [3.63, 3.8) is 0 Å². The summed E-state index contributed by atoms with van der Waals surface area (Å²) in [6.45, 7) is 0.350. The van der Waals surface area contributed by atoms with E-state index < -0.39 is 0 Å². The standard InChI is InChI=1S/C16H15ClN2O2/c1-21-16-13(6-4-10-18-16)11-19-15(20)9-8-12-5-2-3-7-14(12)17/h2-10H,11H2,1H3,(H,19,20)/b9-8-. The molecule has 0 spiro atoms. The van der Waals surface area contributed by atoms with Gasteiger partial charge in [-0.05, 0) is 23.8 Å². The minimum Gasteiger partial charge on any atom is -0.481 e. The molecule has 1 aromatic carbocycles. The number of benzene rings is 1. The Morgan fingerprint density at radius 3 is 2.90 bits per heavy atom. The summed E-state index contributed by atoms with van der Waals surface area (Å²) in [6, 6.07) is 11.0. The Morgan fingerprint density at radius 2 is 2.14 bits per heavy atom. The van der Waals surface area contributed by atoms with E-state index >= 15 is 0 Å². The summed E-state index contributed by atoms with van der Waals surface area (Å²) in [6.07, 6.45) is 4.77. The van der Waals surface area contributed by atoms with Gasteiger partial charge in [0.15, 0.2) is 0 Å². The Kier molecular flexibility index (Phi) is 5.35. The van der Waals surface area contributed by atoms with Crippen LogP contribution in [0.4, 0.5) is 0 Å². The molecule has 0 aliphatic rings. The molecule has 0 bridgehead atoms. The first kappa shape index (κ1) is 15.1. The third-order valence-electron chi connectivity index (χ3n) is 2.82. The lowest BCUT2D eigenvalue weighted by Crippen LogP contribution is -2.20. The van der Waals surface area contributed by atoms with E-state index in [9.17, 15) is 4.79 Å². The van der Waals surface area contributed by atoms with Crippen molar-refractivity contribution >= 4 is 23.6 Å². The number of carbonyl (C=O) groups excluding carboxylic acids is 1. The Morgan fingerprint density at radius 1 is 1.33 bits per heavy atom. The zero-order valence-corrected chi connectivity index (χ0v) is 12.3. The van der Waals surface area contributed by atoms with Gasteiger partial charge in [-0.3, -0.25) is 4.79 Å². The van der Waals surface area contributed by atoms with Gasteiger partial charge >= 0.3 is 0 Å². The molecule has 1 heterocycles. The summed E-state index contributed by atoms with van der Waals surface area (Å²) >= 11 is 6.01. The summed E-state index contributed by atoms with van der Waals surface area (Å²) in [5.41, 5.74) is 1.62. The second kappa shape index (κ2) is 7.45. The fourth-order valence-electron chi connectivity index (χ4n) is 1.76. The van der Waals surface area contributed by atoms with Gasteiger partial charge < -0.3 is 10.1 Å². The fraction of sp³-hybridized carbons (Fsp3) is 0.125. The monoisotopic (exact) mass is 302 g/mol. The molecule has 2 rings (SSSR count). The third-order valence-corrected chi connectivity index (χ3v) is 3.16. The number of amides is 1. The minimum atomic E-state index is -0.208. The lowest BCUT2D eigenvalue weighted by atomic mass is 10.2. The van der Waals surface area contributed by atoms with Crippen molar-refractivity contribution in [1.29, 1.82) is 0 Å². The molecular weight excluding hydrogens is 288 g/mol. The predicted octanol–water partition coefficient (Wildman–Crippen LogP) is 3.07. The van der Waals surface area contributed by atoms with Gasteiger partial charge in [0.25, 0.3) is 0 Å². The quantitative estimate of drug-likeness (QED) is 0.864. The zero-order chi connectivity index (χ0) is 15.1. The lowest BCUT2D eigenvalue weighted by molar-refractivity contribution is -0.116. The van der Waals surface area contributed by atoms with Crippen molar-refractivity contribution < 1.29 is 9.53 Å². The molecule has 0 fully saturated rings. The molecule has 0 saturated heterocycles. The molecule has 1 N–H and O–H groups in total. The first-order chi connectivity index (χ1) is 10.2. The molecule has 108 valence electrons. The van der Waals surface area contributed by atoms with Crippen LogP contribution in [0.5, 0.6) is 5.88 Å². The number of hydrogen-bond donors (Lipinski definition) is 1. The number of carbonyl (C=O) groups is 1. The van der Waals surface area contributed by atoms with Crippen molar-refractivity contribution in [3.05, 3.63) is 64.8 Å². The van der Waals surface area contributed by atoms with E-state index in [0.29, 0.717) is 17.4 Å². The molecule has 1 aromatic heterocycles. The molecule has 1 amide bonds. The van der Waals surface area contributed by atoms with Crippen LogP contribution in [0.1, 0.15) is 11.1 Å². The Labute approximate surface area is 128 Å². The Balaban J connectivity index is 1.95. The molecule has 0 aliphatic heterocycles. The van der Waals surface area contributed by atoms with Crippen LogP contribution in [0.3, 0.4) is 0 Å². The molecule has 5 heteroatoms. The van der Waals surface area contributed by atoms with Crippen molar-refractivity contribution in [2.75, 3.05) is 7.11 Å². The Hall–Kier alpha value is -2.33. The summed E-state index contributed by atoms with van der Waals surface area (Å²) < 4.78 is 5.12. The van der Waals surface area contributed by atoms with E-state index in [1.807, 2.05) is 24.3 Å². The van der Waals surface area contributed by atoms with Gasteiger partial charge in [0.2, 0.25) is 11.8 Å². The zero-order valence-electron chi connectivity index (χ0n) is 11.5. The Bertz CT molecular complexity index is 656. The number of halogens is 1. The van der Waals surface area contributed by atoms with Crippen molar-refractivity contribution in [1.82, 2.24) is 10.3 Å². The molecule has 0 radical (unpaired) electrons. The van der Waals surface area contributed by atoms with Crippen molar-refractivity contribution in [2.24, 2.45) is 0 Å². The number of nitrogens with one attached hydrogen (secondary N) is 1.